The van der Waals surface area contributed by atoms with E-state index in [1.807, 2.05) is 24.3 Å². The van der Waals surface area contributed by atoms with E-state index < -0.39 is 0 Å². The number of phenols is 2. The Kier molecular flexibility index (Phi) is 4.63. The van der Waals surface area contributed by atoms with Gasteiger partial charge in [-0.3, -0.25) is 4.79 Å². The normalized spacial score (nSPS) is 10.8. The van der Waals surface area contributed by atoms with E-state index in [1.165, 1.54) is 17.7 Å². The van der Waals surface area contributed by atoms with Crippen molar-refractivity contribution in [2.45, 2.75) is 32.6 Å². The molecule has 0 aliphatic rings. The Labute approximate surface area is 124 Å². The summed E-state index contributed by atoms with van der Waals surface area (Å²) in [5.74, 6) is 0.547. The number of rotatable bonds is 5. The molecule has 0 bridgehead atoms. The average molecular weight is 284 g/mol. The first-order valence-corrected chi connectivity index (χ1v) is 7.11. The predicted octanol–water partition coefficient (Wildman–Crippen LogP) is 4.04. The fourth-order valence-corrected chi connectivity index (χ4v) is 2.21. The zero-order valence-corrected chi connectivity index (χ0v) is 12.3. The van der Waals surface area contributed by atoms with Crippen LogP contribution in [0.1, 0.15) is 47.7 Å². The third-order valence-electron chi connectivity index (χ3n) is 3.59. The number of aryl methyl sites for hydroxylation is 1. The van der Waals surface area contributed by atoms with Crippen molar-refractivity contribution in [1.82, 2.24) is 0 Å². The average Bonchev–Trinajstić information content (AvgIpc) is 2.46. The van der Waals surface area contributed by atoms with Gasteiger partial charge in [-0.15, -0.1) is 0 Å². The molecular weight excluding hydrogens is 264 g/mol. The first-order chi connectivity index (χ1) is 9.97. The van der Waals surface area contributed by atoms with E-state index in [0.717, 1.165) is 0 Å². The molecule has 2 rings (SSSR count). The van der Waals surface area contributed by atoms with Crippen LogP contribution in [-0.2, 0) is 6.42 Å². The number of Topliss-reactive ketones (excluding diaryl/α,β-unsaturated/α-hetero) is 1. The van der Waals surface area contributed by atoms with Gasteiger partial charge in [0.1, 0.15) is 11.5 Å². The second-order valence-corrected chi connectivity index (χ2v) is 5.51. The molecule has 0 aliphatic carbocycles. The fourth-order valence-electron chi connectivity index (χ4n) is 2.21. The summed E-state index contributed by atoms with van der Waals surface area (Å²) in [6, 6.07) is 12.1. The molecule has 2 N–H and O–H groups in total. The largest absolute Gasteiger partial charge is 0.508 e. The molecule has 2 aromatic carbocycles. The van der Waals surface area contributed by atoms with Gasteiger partial charge in [-0.1, -0.05) is 44.2 Å². The number of benzene rings is 2. The number of aromatic hydroxyl groups is 2. The van der Waals surface area contributed by atoms with Crippen LogP contribution in [0.2, 0.25) is 0 Å². The highest BCUT2D eigenvalue weighted by Gasteiger charge is 2.09. The third-order valence-corrected chi connectivity index (χ3v) is 3.59. The Hall–Kier alpha value is -2.29. The lowest BCUT2D eigenvalue weighted by Gasteiger charge is -2.07. The van der Waals surface area contributed by atoms with E-state index in [4.69, 9.17) is 0 Å². The zero-order chi connectivity index (χ0) is 15.4. The van der Waals surface area contributed by atoms with Crippen molar-refractivity contribution in [2.75, 3.05) is 0 Å². The van der Waals surface area contributed by atoms with Crippen molar-refractivity contribution in [3.63, 3.8) is 0 Å². The van der Waals surface area contributed by atoms with Gasteiger partial charge >= 0.3 is 0 Å². The molecule has 0 atom stereocenters. The van der Waals surface area contributed by atoms with Crippen LogP contribution in [-0.4, -0.2) is 16.0 Å². The van der Waals surface area contributed by atoms with Gasteiger partial charge in [0.05, 0.1) is 0 Å². The Morgan fingerprint density at radius 3 is 2.29 bits per heavy atom. The first kappa shape index (κ1) is 15.1. The van der Waals surface area contributed by atoms with Crippen LogP contribution in [0.4, 0.5) is 0 Å². The quantitative estimate of drug-likeness (QED) is 0.815. The van der Waals surface area contributed by atoms with Crippen LogP contribution in [0.15, 0.2) is 42.5 Å². The minimum atomic E-state index is 0.0202. The van der Waals surface area contributed by atoms with E-state index in [1.54, 1.807) is 6.07 Å². The van der Waals surface area contributed by atoms with Crippen LogP contribution in [0.3, 0.4) is 0 Å². The van der Waals surface area contributed by atoms with E-state index in [9.17, 15) is 15.0 Å². The summed E-state index contributed by atoms with van der Waals surface area (Å²) in [7, 11) is 0. The molecule has 0 aliphatic heterocycles. The third kappa shape index (κ3) is 3.85. The highest BCUT2D eigenvalue weighted by atomic mass is 16.3. The van der Waals surface area contributed by atoms with Gasteiger partial charge in [0.25, 0.3) is 0 Å². The van der Waals surface area contributed by atoms with E-state index >= 15 is 0 Å². The van der Waals surface area contributed by atoms with Gasteiger partial charge in [0.15, 0.2) is 5.78 Å². The molecule has 0 aromatic heterocycles. The number of hydrogen-bond donors (Lipinski definition) is 2. The van der Waals surface area contributed by atoms with Crippen LogP contribution in [0, 0.1) is 0 Å². The molecule has 110 valence electrons. The summed E-state index contributed by atoms with van der Waals surface area (Å²) < 4.78 is 0. The molecule has 0 fully saturated rings. The highest BCUT2D eigenvalue weighted by molar-refractivity contribution is 5.96. The first-order valence-electron chi connectivity index (χ1n) is 7.11. The standard InChI is InChI=1S/C18H20O3/c1-12(2)13-3-5-14(6-4-13)17(20)10-8-15-7-9-16(19)11-18(15)21/h3-7,9,11-12,19,21H,8,10H2,1-2H3. The van der Waals surface area contributed by atoms with Crippen molar-refractivity contribution >= 4 is 5.78 Å². The fraction of sp³-hybridized carbons (Fsp3) is 0.278. The minimum Gasteiger partial charge on any atom is -0.508 e. The maximum absolute atomic E-state index is 12.1. The van der Waals surface area contributed by atoms with Crippen molar-refractivity contribution in [3.05, 3.63) is 59.2 Å². The molecule has 2 aromatic rings. The number of phenolic OH excluding ortho intramolecular Hbond substituents is 2. The Morgan fingerprint density at radius 2 is 1.71 bits per heavy atom. The van der Waals surface area contributed by atoms with Gasteiger partial charge in [-0.2, -0.15) is 0 Å². The summed E-state index contributed by atoms with van der Waals surface area (Å²) in [5, 5.41) is 18.9. The lowest BCUT2D eigenvalue weighted by molar-refractivity contribution is 0.0982. The van der Waals surface area contributed by atoms with Crippen LogP contribution >= 0.6 is 0 Å². The molecule has 3 heteroatoms. The number of carbonyl (C=O) groups is 1. The van der Waals surface area contributed by atoms with Crippen LogP contribution in [0.5, 0.6) is 11.5 Å². The van der Waals surface area contributed by atoms with Gasteiger partial charge in [0.2, 0.25) is 0 Å². The molecule has 0 saturated carbocycles. The van der Waals surface area contributed by atoms with Crippen molar-refractivity contribution < 1.29 is 15.0 Å². The molecule has 0 amide bonds. The summed E-state index contributed by atoms with van der Waals surface area (Å²) in [4.78, 5) is 12.1. The number of ketones is 1. The summed E-state index contributed by atoms with van der Waals surface area (Å²) in [6.07, 6.45) is 0.788. The molecule has 0 saturated heterocycles. The maximum atomic E-state index is 12.1. The number of carbonyl (C=O) groups excluding carboxylic acids is 1. The smallest absolute Gasteiger partial charge is 0.163 e. The van der Waals surface area contributed by atoms with Gasteiger partial charge in [-0.25, -0.2) is 0 Å². The van der Waals surface area contributed by atoms with Gasteiger partial charge in [0, 0.05) is 18.1 Å². The van der Waals surface area contributed by atoms with Crippen LogP contribution < -0.4 is 0 Å². The van der Waals surface area contributed by atoms with Crippen LogP contribution in [0.25, 0.3) is 0 Å². The molecule has 21 heavy (non-hydrogen) atoms. The van der Waals surface area contributed by atoms with Gasteiger partial charge in [-0.05, 0) is 29.5 Å². The lowest BCUT2D eigenvalue weighted by Crippen LogP contribution is -2.02. The lowest BCUT2D eigenvalue weighted by atomic mass is 9.98. The molecular formula is C18H20O3. The molecule has 0 unspecified atom stereocenters. The molecule has 3 nitrogen and oxygen atoms in total. The van der Waals surface area contributed by atoms with Crippen molar-refractivity contribution in [2.24, 2.45) is 0 Å². The highest BCUT2D eigenvalue weighted by Crippen LogP contribution is 2.24. The Bertz CT molecular complexity index is 627. The summed E-state index contributed by atoms with van der Waals surface area (Å²) in [5.41, 5.74) is 2.57. The minimum absolute atomic E-state index is 0.0202. The number of hydrogen-bond acceptors (Lipinski definition) is 3. The van der Waals surface area contributed by atoms with E-state index in [-0.39, 0.29) is 17.3 Å². The second kappa shape index (κ2) is 6.44. The van der Waals surface area contributed by atoms with Gasteiger partial charge < -0.3 is 10.2 Å². The Morgan fingerprint density at radius 1 is 1.05 bits per heavy atom. The van der Waals surface area contributed by atoms with E-state index in [0.29, 0.717) is 29.9 Å². The maximum Gasteiger partial charge on any atom is 0.163 e. The molecule has 0 spiro atoms. The SMILES string of the molecule is CC(C)c1ccc(C(=O)CCc2ccc(O)cc2O)cc1. The molecule has 0 radical (unpaired) electrons. The van der Waals surface area contributed by atoms with E-state index in [2.05, 4.69) is 13.8 Å². The predicted molar refractivity (Wildman–Crippen MR) is 83.0 cm³/mol. The summed E-state index contributed by atoms with van der Waals surface area (Å²) in [6.45, 7) is 4.23. The second-order valence-electron chi connectivity index (χ2n) is 5.51. The summed E-state index contributed by atoms with van der Waals surface area (Å²) >= 11 is 0. The monoisotopic (exact) mass is 284 g/mol. The zero-order valence-electron chi connectivity index (χ0n) is 12.3. The topological polar surface area (TPSA) is 57.5 Å². The Balaban J connectivity index is 2.01. The van der Waals surface area contributed by atoms with Crippen molar-refractivity contribution in [1.29, 1.82) is 0 Å². The van der Waals surface area contributed by atoms with Crippen molar-refractivity contribution in [3.8, 4) is 11.5 Å². The molecule has 0 heterocycles.